The Bertz CT molecular complexity index is 222. The van der Waals surface area contributed by atoms with Crippen LogP contribution in [0.5, 0.6) is 0 Å². The third-order valence-electron chi connectivity index (χ3n) is 2.26. The van der Waals surface area contributed by atoms with Gasteiger partial charge in [0.2, 0.25) is 0 Å². The van der Waals surface area contributed by atoms with E-state index < -0.39 is 0 Å². The molecule has 0 aliphatic heterocycles. The third-order valence-corrected chi connectivity index (χ3v) is 3.06. The highest BCUT2D eigenvalue weighted by molar-refractivity contribution is 7.05. The maximum absolute atomic E-state index is 5.91. The highest BCUT2D eigenvalue weighted by Gasteiger charge is 2.27. The molecule has 4 heteroatoms. The first kappa shape index (κ1) is 7.18. The third kappa shape index (κ3) is 1.28. The Labute approximate surface area is 69.8 Å². The maximum atomic E-state index is 5.91. The van der Waals surface area contributed by atoms with Crippen molar-refractivity contribution in [1.82, 2.24) is 9.36 Å². The number of hydrogen-bond acceptors (Lipinski definition) is 4. The van der Waals surface area contributed by atoms with Crippen molar-refractivity contribution < 1.29 is 0 Å². The van der Waals surface area contributed by atoms with Crippen LogP contribution >= 0.6 is 11.5 Å². The van der Waals surface area contributed by atoms with Gasteiger partial charge in [0.15, 0.2) is 0 Å². The molecule has 0 bridgehead atoms. The van der Waals surface area contributed by atoms with Gasteiger partial charge in [-0.05, 0) is 24.4 Å². The molecule has 11 heavy (non-hydrogen) atoms. The summed E-state index contributed by atoms with van der Waals surface area (Å²) in [7, 11) is 0. The van der Waals surface area contributed by atoms with Crippen molar-refractivity contribution in [2.75, 3.05) is 0 Å². The van der Waals surface area contributed by atoms with Gasteiger partial charge in [-0.1, -0.05) is 6.42 Å². The van der Waals surface area contributed by atoms with Crippen molar-refractivity contribution in [1.29, 1.82) is 0 Å². The average Bonchev–Trinajstić information content (AvgIpc) is 2.55. The summed E-state index contributed by atoms with van der Waals surface area (Å²) >= 11 is 1.48. The molecule has 60 valence electrons. The van der Waals surface area contributed by atoms with Gasteiger partial charge in [0, 0.05) is 12.0 Å². The molecule has 0 radical (unpaired) electrons. The number of rotatable bonds is 1. The standard InChI is InChI=1S/C7H11N3S/c8-6-3-1-2-5(6)7-9-4-10-11-7/h4-6H,1-3,8H2. The van der Waals surface area contributed by atoms with E-state index in [4.69, 9.17) is 5.73 Å². The van der Waals surface area contributed by atoms with Crippen LogP contribution in [0.15, 0.2) is 6.33 Å². The fraction of sp³-hybridized carbons (Fsp3) is 0.714. The predicted molar refractivity (Wildman–Crippen MR) is 44.5 cm³/mol. The van der Waals surface area contributed by atoms with Crippen LogP contribution in [0.2, 0.25) is 0 Å². The van der Waals surface area contributed by atoms with Crippen molar-refractivity contribution in [3.63, 3.8) is 0 Å². The molecule has 2 atom stereocenters. The second kappa shape index (κ2) is 2.87. The van der Waals surface area contributed by atoms with Crippen LogP contribution in [0.4, 0.5) is 0 Å². The van der Waals surface area contributed by atoms with Crippen LogP contribution in [0.1, 0.15) is 30.2 Å². The van der Waals surface area contributed by atoms with Crippen LogP contribution in [0.3, 0.4) is 0 Å². The summed E-state index contributed by atoms with van der Waals surface area (Å²) in [5.41, 5.74) is 5.91. The van der Waals surface area contributed by atoms with Crippen LogP contribution in [0.25, 0.3) is 0 Å². The minimum Gasteiger partial charge on any atom is -0.327 e. The van der Waals surface area contributed by atoms with Crippen molar-refractivity contribution in [3.05, 3.63) is 11.3 Å². The fourth-order valence-corrected chi connectivity index (χ4v) is 2.36. The molecule has 2 unspecified atom stereocenters. The molecular formula is C7H11N3S. The maximum Gasteiger partial charge on any atom is 0.129 e. The largest absolute Gasteiger partial charge is 0.327 e. The molecule has 1 fully saturated rings. The fourth-order valence-electron chi connectivity index (χ4n) is 1.64. The minimum absolute atomic E-state index is 0.322. The molecule has 1 aromatic heterocycles. The van der Waals surface area contributed by atoms with E-state index in [1.807, 2.05) is 0 Å². The summed E-state index contributed by atoms with van der Waals surface area (Å²) < 4.78 is 3.98. The zero-order valence-corrected chi connectivity index (χ0v) is 7.05. The van der Waals surface area contributed by atoms with E-state index in [-0.39, 0.29) is 0 Å². The number of nitrogens with zero attached hydrogens (tertiary/aromatic N) is 2. The Hall–Kier alpha value is -0.480. The molecule has 0 aromatic carbocycles. The molecule has 0 amide bonds. The first-order valence-electron chi connectivity index (χ1n) is 3.90. The lowest BCUT2D eigenvalue weighted by Gasteiger charge is -2.10. The zero-order valence-electron chi connectivity index (χ0n) is 6.23. The summed E-state index contributed by atoms with van der Waals surface area (Å²) in [6, 6.07) is 0.322. The van der Waals surface area contributed by atoms with Crippen molar-refractivity contribution >= 4 is 11.5 Å². The lowest BCUT2D eigenvalue weighted by atomic mass is 10.1. The molecule has 1 aromatic rings. The average molecular weight is 169 g/mol. The van der Waals surface area contributed by atoms with E-state index in [2.05, 4.69) is 9.36 Å². The molecule has 1 aliphatic rings. The lowest BCUT2D eigenvalue weighted by Crippen LogP contribution is -2.22. The van der Waals surface area contributed by atoms with Crippen LogP contribution in [0, 0.1) is 0 Å². The van der Waals surface area contributed by atoms with E-state index >= 15 is 0 Å². The highest BCUT2D eigenvalue weighted by Crippen LogP contribution is 2.33. The van der Waals surface area contributed by atoms with E-state index in [1.54, 1.807) is 6.33 Å². The molecule has 0 saturated heterocycles. The van der Waals surface area contributed by atoms with Crippen LogP contribution in [-0.2, 0) is 0 Å². The molecule has 2 rings (SSSR count). The summed E-state index contributed by atoms with van der Waals surface area (Å²) in [6.07, 6.45) is 5.19. The molecule has 1 aliphatic carbocycles. The van der Waals surface area contributed by atoms with Gasteiger partial charge in [0.05, 0.1) is 0 Å². The van der Waals surface area contributed by atoms with Gasteiger partial charge in [0.1, 0.15) is 11.3 Å². The van der Waals surface area contributed by atoms with E-state index in [1.165, 1.54) is 24.4 Å². The zero-order chi connectivity index (χ0) is 7.68. The van der Waals surface area contributed by atoms with Crippen LogP contribution < -0.4 is 5.73 Å². The van der Waals surface area contributed by atoms with Gasteiger partial charge in [-0.3, -0.25) is 0 Å². The molecule has 2 N–H and O–H groups in total. The molecule has 1 saturated carbocycles. The van der Waals surface area contributed by atoms with Gasteiger partial charge in [-0.2, -0.15) is 4.37 Å². The van der Waals surface area contributed by atoms with Gasteiger partial charge in [-0.25, -0.2) is 4.98 Å². The molecule has 0 spiro atoms. The first-order valence-corrected chi connectivity index (χ1v) is 4.67. The summed E-state index contributed by atoms with van der Waals surface area (Å²) in [5, 5.41) is 1.12. The first-order chi connectivity index (χ1) is 5.38. The van der Waals surface area contributed by atoms with Gasteiger partial charge < -0.3 is 5.73 Å². The Morgan fingerprint density at radius 3 is 3.00 bits per heavy atom. The summed E-state index contributed by atoms with van der Waals surface area (Å²) in [5.74, 6) is 0.488. The van der Waals surface area contributed by atoms with Gasteiger partial charge in [-0.15, -0.1) is 0 Å². The summed E-state index contributed by atoms with van der Waals surface area (Å²) in [6.45, 7) is 0. The quantitative estimate of drug-likeness (QED) is 0.685. The monoisotopic (exact) mass is 169 g/mol. The highest BCUT2D eigenvalue weighted by atomic mass is 32.1. The predicted octanol–water partition coefficient (Wildman–Crippen LogP) is 1.13. The van der Waals surface area contributed by atoms with Crippen molar-refractivity contribution in [2.24, 2.45) is 5.73 Å². The SMILES string of the molecule is NC1CCCC1c1ncns1. The van der Waals surface area contributed by atoms with Gasteiger partial charge >= 0.3 is 0 Å². The summed E-state index contributed by atoms with van der Waals surface area (Å²) in [4.78, 5) is 4.18. The Morgan fingerprint density at radius 1 is 1.55 bits per heavy atom. The molecular weight excluding hydrogens is 158 g/mol. The van der Waals surface area contributed by atoms with E-state index in [0.29, 0.717) is 12.0 Å². The second-order valence-electron chi connectivity index (χ2n) is 2.98. The second-order valence-corrected chi connectivity index (χ2v) is 3.79. The van der Waals surface area contributed by atoms with Crippen molar-refractivity contribution in [3.8, 4) is 0 Å². The topological polar surface area (TPSA) is 51.8 Å². The Balaban J connectivity index is 2.16. The van der Waals surface area contributed by atoms with E-state index in [0.717, 1.165) is 11.4 Å². The van der Waals surface area contributed by atoms with Gasteiger partial charge in [0.25, 0.3) is 0 Å². The van der Waals surface area contributed by atoms with Crippen molar-refractivity contribution in [2.45, 2.75) is 31.2 Å². The number of nitrogens with two attached hydrogens (primary N) is 1. The molecule has 1 heterocycles. The number of hydrogen-bond donors (Lipinski definition) is 1. The number of aromatic nitrogens is 2. The van der Waals surface area contributed by atoms with Crippen LogP contribution in [-0.4, -0.2) is 15.4 Å². The Kier molecular flexibility index (Phi) is 1.87. The smallest absolute Gasteiger partial charge is 0.129 e. The normalized spacial score (nSPS) is 31.0. The minimum atomic E-state index is 0.322. The lowest BCUT2D eigenvalue weighted by molar-refractivity contribution is 0.610. The molecule has 3 nitrogen and oxygen atoms in total. The Morgan fingerprint density at radius 2 is 2.45 bits per heavy atom. The van der Waals surface area contributed by atoms with E-state index in [9.17, 15) is 0 Å².